The Morgan fingerprint density at radius 1 is 0.324 bits per heavy atom. The zero-order valence-corrected chi connectivity index (χ0v) is 88.9. The van der Waals surface area contributed by atoms with Crippen molar-refractivity contribution < 1.29 is 67.0 Å². The Labute approximate surface area is 864 Å². The fourth-order valence-corrected chi connectivity index (χ4v) is 42.9. The number of hydrogen-bond acceptors (Lipinski definition) is 14. The fraction of sp³-hybridized carbons (Fsp3) is 0.719. The summed E-state index contributed by atoms with van der Waals surface area (Å²) >= 11 is 0. The predicted octanol–water partition coefficient (Wildman–Crippen LogP) is 27.4. The molecule has 4 heterocycles. The summed E-state index contributed by atoms with van der Waals surface area (Å²) in [4.78, 5) is 76.7. The molecule has 145 heavy (non-hydrogen) atoms. The molecule has 0 aromatic carbocycles. The largest absolute Gasteiger partial charge is 0.523 e. The van der Waals surface area contributed by atoms with Crippen LogP contribution in [-0.4, -0.2) is 110 Å². The van der Waals surface area contributed by atoms with Gasteiger partial charge in [-0.15, -0.1) is 13.2 Å². The predicted molar refractivity (Wildman–Crippen MR) is 557 cm³/mol. The summed E-state index contributed by atoms with van der Waals surface area (Å²) < 4.78 is 50.3. The van der Waals surface area contributed by atoms with Crippen LogP contribution in [0.4, 0.5) is 0 Å². The maximum Gasteiger partial charge on any atom is 0.227 e. The first-order valence-corrected chi connectivity index (χ1v) is 57.7. The van der Waals surface area contributed by atoms with Crippen molar-refractivity contribution in [2.75, 3.05) is 52.9 Å². The van der Waals surface area contributed by atoms with Crippen LogP contribution in [-0.2, 0) is 61.9 Å². The van der Waals surface area contributed by atoms with Crippen molar-refractivity contribution in [1.82, 2.24) is 0 Å². The van der Waals surface area contributed by atoms with Crippen molar-refractivity contribution in [3.8, 4) is 0 Å². The van der Waals surface area contributed by atoms with E-state index in [1.807, 2.05) is 18.2 Å². The van der Waals surface area contributed by atoms with E-state index in [1.165, 1.54) is 72.8 Å². The first-order chi connectivity index (χ1) is 69.5. The van der Waals surface area contributed by atoms with Gasteiger partial charge in [0.05, 0.1) is 94.2 Å². The van der Waals surface area contributed by atoms with Gasteiger partial charge in [0.25, 0.3) is 0 Å². The Morgan fingerprint density at radius 3 is 1.01 bits per heavy atom. The Balaban J connectivity index is 0.0000000974. The number of carbonyl (C=O) groups is 5. The minimum Gasteiger partial charge on any atom is -0.523 e. The van der Waals surface area contributed by atoms with Crippen molar-refractivity contribution >= 4 is 28.9 Å². The first-order valence-electron chi connectivity index (χ1n) is 57.7. The zero-order valence-electron chi connectivity index (χ0n) is 88.9. The smallest absolute Gasteiger partial charge is 0.227 e. The van der Waals surface area contributed by atoms with Gasteiger partial charge in [0, 0.05) is 88.3 Å². The minimum atomic E-state index is -0.513. The van der Waals surface area contributed by atoms with Crippen LogP contribution in [0, 0.1) is 190 Å². The topological polar surface area (TPSA) is 192 Å². The molecule has 0 bridgehead atoms. The highest BCUT2D eigenvalue weighted by atomic mass is 16.8. The van der Waals surface area contributed by atoms with Crippen molar-refractivity contribution in [3.05, 3.63) is 201 Å². The van der Waals surface area contributed by atoms with Crippen LogP contribution < -0.4 is 0 Å². The number of fused-ring (bicyclic) bond motifs is 33. The lowest BCUT2D eigenvalue weighted by atomic mass is 9.43. The highest BCUT2D eigenvalue weighted by molar-refractivity contribution is 6.07. The van der Waals surface area contributed by atoms with Gasteiger partial charge >= 0.3 is 0 Å². The second kappa shape index (κ2) is 34.6. The molecule has 28 aliphatic rings. The number of hydrogen-bond donors (Lipinski definition) is 1. The quantitative estimate of drug-likeness (QED) is 0.206. The van der Waals surface area contributed by atoms with Gasteiger partial charge in [-0.3, -0.25) is 14.4 Å². The molecule has 17 heteroatoms. The minimum absolute atomic E-state index is 0.0290. The molecular formula is C128H163N3O14. The molecule has 1 N–H and O–H groups in total. The number of rotatable bonds is 4. The highest BCUT2D eigenvalue weighted by Gasteiger charge is 2.76. The number of allylic oxidation sites excluding steroid dienone is 25. The maximum absolute atomic E-state index is 13.3. The van der Waals surface area contributed by atoms with Gasteiger partial charge in [0.2, 0.25) is 17.1 Å². The van der Waals surface area contributed by atoms with Gasteiger partial charge in [0.15, 0.2) is 34.7 Å². The second-order valence-corrected chi connectivity index (χ2v) is 54.0. The lowest BCUT2D eigenvalue weighted by Crippen LogP contribution is -2.57. The highest BCUT2D eigenvalue weighted by Crippen LogP contribution is 2.79. The van der Waals surface area contributed by atoms with E-state index in [9.17, 15) is 29.1 Å². The fourth-order valence-electron chi connectivity index (χ4n) is 42.9. The van der Waals surface area contributed by atoms with E-state index in [2.05, 4.69) is 182 Å². The van der Waals surface area contributed by atoms with Crippen LogP contribution in [0.15, 0.2) is 167 Å². The van der Waals surface area contributed by atoms with E-state index in [0.717, 1.165) is 245 Å². The molecule has 12 saturated carbocycles. The lowest BCUT2D eigenvalue weighted by Gasteiger charge is -2.61. The summed E-state index contributed by atoms with van der Waals surface area (Å²) in [5, 5.41) is 11.2. The van der Waals surface area contributed by atoms with Crippen LogP contribution in [0.3, 0.4) is 0 Å². The van der Waals surface area contributed by atoms with Crippen molar-refractivity contribution in [2.45, 2.75) is 349 Å². The summed E-state index contributed by atoms with van der Waals surface area (Å²) in [6, 6.07) is 0. The van der Waals surface area contributed by atoms with E-state index in [1.54, 1.807) is 0 Å². The number of ketones is 5. The van der Waals surface area contributed by atoms with E-state index in [4.69, 9.17) is 57.6 Å². The molecule has 4 aliphatic heterocycles. The molecule has 25 atom stereocenters. The van der Waals surface area contributed by atoms with Gasteiger partial charge in [-0.1, -0.05) is 200 Å². The average Bonchev–Trinajstić information content (AvgIpc) is 1.59. The van der Waals surface area contributed by atoms with Crippen molar-refractivity contribution in [2.24, 2.45) is 170 Å². The van der Waals surface area contributed by atoms with E-state index in [-0.39, 0.29) is 99.7 Å². The Kier molecular flexibility index (Phi) is 23.8. The second-order valence-electron chi connectivity index (χ2n) is 54.0. The van der Waals surface area contributed by atoms with Crippen LogP contribution >= 0.6 is 0 Å². The van der Waals surface area contributed by atoms with Gasteiger partial charge in [-0.25, -0.2) is 14.5 Å². The zero-order chi connectivity index (χ0) is 101. The third kappa shape index (κ3) is 13.2. The van der Waals surface area contributed by atoms with Gasteiger partial charge in [-0.05, 0) is 317 Å². The molecule has 16 fully saturated rings. The van der Waals surface area contributed by atoms with E-state index in [0.29, 0.717) is 149 Å². The molecule has 8 spiro atoms. The van der Waals surface area contributed by atoms with Crippen LogP contribution in [0.25, 0.3) is 14.5 Å². The molecule has 0 radical (unpaired) electrons. The number of Topliss-reactive ketones (excluding diaryl/α,β-unsaturated/α-hetero) is 5. The molecular weight excluding hydrogens is 1800 g/mol. The van der Waals surface area contributed by atoms with E-state index < -0.39 is 16.2 Å². The van der Waals surface area contributed by atoms with Crippen molar-refractivity contribution in [1.29, 1.82) is 0 Å². The molecule has 0 amide bonds. The first kappa shape index (κ1) is 99.6. The third-order valence-corrected chi connectivity index (χ3v) is 49.7. The van der Waals surface area contributed by atoms with Gasteiger partial charge in [-0.2, -0.15) is 0 Å². The number of ether oxygens (including phenoxy) is 8. The molecule has 0 aromatic heterocycles. The average molecular weight is 1970 g/mol. The number of carbonyl (C=O) groups excluding carboxylic acids is 5. The maximum atomic E-state index is 13.3. The molecule has 0 unspecified atom stereocenters. The molecule has 0 aromatic rings. The van der Waals surface area contributed by atoms with Crippen LogP contribution in [0.1, 0.15) is 326 Å². The lowest BCUT2D eigenvalue weighted by molar-refractivity contribution is -0.242. The van der Waals surface area contributed by atoms with E-state index >= 15 is 0 Å². The molecule has 24 aliphatic carbocycles. The van der Waals surface area contributed by atoms with Gasteiger partial charge in [0.1, 0.15) is 23.1 Å². The Hall–Kier alpha value is -7.34. The summed E-state index contributed by atoms with van der Waals surface area (Å²) in [5.41, 5.74) is 6.45. The Bertz CT molecular complexity index is 5920. The molecule has 17 nitrogen and oxygen atoms in total. The van der Waals surface area contributed by atoms with Gasteiger partial charge < -0.3 is 52.6 Å². The normalized spacial score (nSPS) is 45.1. The van der Waals surface area contributed by atoms with Crippen molar-refractivity contribution in [3.63, 3.8) is 0 Å². The number of aliphatic hydroxyl groups is 1. The molecule has 28 rings (SSSR count). The van der Waals surface area contributed by atoms with Crippen LogP contribution in [0.5, 0.6) is 0 Å². The number of aliphatic hydroxyl groups excluding tert-OH is 1. The summed E-state index contributed by atoms with van der Waals surface area (Å²) in [6.07, 6.45) is 77.3. The molecule has 774 valence electrons. The third-order valence-electron chi connectivity index (χ3n) is 49.7. The Morgan fingerprint density at radius 2 is 0.628 bits per heavy atom. The monoisotopic (exact) mass is 1970 g/mol. The standard InChI is InChI=1S/C27H38O3.C26H33NO3.C26H31NO3.C25H34O3.C24H27NO2/c1-5-12-26(13-6-2)22-8-7-19-20(24(22,3)14-11-23(26)28)9-15-25(4)21(19)10-16-27(25)29-17-18-30-27;2*1-23-16-20(27-3)22(28)25(10-4-5-11-25)21(23)7-6-17-18(23)8-12-24(2)19(17)9-13-26(24)29-14-15-30-26;1-22-12-9-21(26)24(10-3-4-11-24)20(22)6-5-17-18(22)7-13-23(2)19(17)8-14-25(23)27-15-16-28-25;1-22-13-10-17-15(16(22)7-9-20(22)26)6-8-19-23(17,2)14-18(25-3)21(27)24(19)11-4-5-12-24/h5-6,8,19-21H,1-2,7,9-18H2,3-4H3;4-5,7,17-19,28H,6,8-16H2,1-2H3;4-5,7,16-19H,6,8-15H2,1-2H3;3-4,6,17-19H,5,7-16H2,1-2H3;4-5,8,14-17H,6-7,9-13H2,1-2H3/t19-,20+,21+,24-,25+;2*17-,18+,19+,23-,24+;17-,18+,19+,22-,23+;15-,16-,17-,22-,23+/m11110/s1. The SMILES string of the molecule is C=CCC1(CC=C)C(=O)CC[C@@]2(C)C1=CC[C@@H]1[C@@H]2CC[C@@]2(C)[C@H]1CCC21OCCO1.C[C@]12CCC(=O)C3(CC=CC3)C1=CC[C@@H]1[C@@H]2CC[C@@]2(C)[C@H]1CCC21OCCO1.[C-]#[N+]C1=C(O)C2(CC=CC2)C2=CC[C@@H]3[C@H](CC[C@@]4(C)[C@H]3CCC43OCCO3)[C@@]2(C)C1.[C-]#[N+]C1=C[C@@]2(C)C(=CC[C@@H]3[C@@H]2CC[C@@]2(C)[C@H]3CCC23OCCO3)C2(CC=CC2)C1=O.[C-]#[N+]C1=C[C@@]2(C)C(=CC[C@@H]3[C@@H]2CC[C@]2(C)C(=O)CC[C@@H]32)C2(CC=CC2)C1=O. The summed E-state index contributed by atoms with van der Waals surface area (Å²) in [6.45, 7) is 61.0. The summed E-state index contributed by atoms with van der Waals surface area (Å²) in [7, 11) is 0. The molecule has 4 saturated heterocycles. The summed E-state index contributed by atoms with van der Waals surface area (Å²) in [5.74, 6) is 9.28. The number of nitrogens with zero attached hydrogens (tertiary/aromatic N) is 3. The van der Waals surface area contributed by atoms with Crippen LogP contribution in [0.2, 0.25) is 0 Å².